The van der Waals surface area contributed by atoms with E-state index in [1.165, 1.54) is 6.08 Å². The van der Waals surface area contributed by atoms with E-state index < -0.39 is 17.8 Å². The van der Waals surface area contributed by atoms with Crippen LogP contribution in [0.5, 0.6) is 0 Å². The maximum absolute atomic E-state index is 11.6. The molecule has 0 aromatic heterocycles. The van der Waals surface area contributed by atoms with E-state index in [4.69, 9.17) is 4.74 Å². The highest BCUT2D eigenvalue weighted by Crippen LogP contribution is 2.25. The number of rotatable bonds is 2. The average Bonchev–Trinajstić information content (AvgIpc) is 2.29. The van der Waals surface area contributed by atoms with Gasteiger partial charge < -0.3 is 4.74 Å². The number of amides is 1. The Hall–Kier alpha value is -1.78. The molecule has 90 valence electrons. The van der Waals surface area contributed by atoms with Crippen LogP contribution in [-0.4, -0.2) is 30.0 Å². The van der Waals surface area contributed by atoms with Gasteiger partial charge in [0.2, 0.25) is 0 Å². The summed E-state index contributed by atoms with van der Waals surface area (Å²) in [5, 5.41) is 0. The van der Waals surface area contributed by atoms with Gasteiger partial charge in [0.15, 0.2) is 11.7 Å². The fraction of sp³-hybridized carbons (Fsp3) is 0.500. The van der Waals surface area contributed by atoms with E-state index in [1.54, 1.807) is 6.92 Å². The van der Waals surface area contributed by atoms with Crippen LogP contribution >= 0.6 is 0 Å². The van der Waals surface area contributed by atoms with E-state index in [2.05, 4.69) is 4.99 Å². The molecule has 0 N–H and O–H groups in total. The largest absolute Gasteiger partial charge is 0.465 e. The summed E-state index contributed by atoms with van der Waals surface area (Å²) >= 11 is 0. The molecule has 5 heteroatoms. The normalized spacial score (nSPS) is 23.7. The predicted octanol–water partition coefficient (Wildman–Crippen LogP) is 0.826. The second kappa shape index (κ2) is 4.61. The minimum Gasteiger partial charge on any atom is -0.465 e. The summed E-state index contributed by atoms with van der Waals surface area (Å²) in [6.45, 7) is 1.87. The number of hydrogen-bond acceptors (Lipinski definition) is 4. The maximum atomic E-state index is 11.6. The molecule has 1 heterocycles. The molecule has 0 radical (unpaired) electrons. The van der Waals surface area contributed by atoms with Crippen molar-refractivity contribution in [3.05, 3.63) is 11.6 Å². The summed E-state index contributed by atoms with van der Waals surface area (Å²) in [5.74, 6) is -2.25. The van der Waals surface area contributed by atoms with Crippen molar-refractivity contribution < 1.29 is 19.1 Å². The van der Waals surface area contributed by atoms with Gasteiger partial charge in [-0.2, -0.15) is 0 Å². The van der Waals surface area contributed by atoms with Gasteiger partial charge in [-0.3, -0.25) is 14.4 Å². The Labute approximate surface area is 98.5 Å². The molecular formula is C12H13NO4. The Morgan fingerprint density at radius 3 is 2.94 bits per heavy atom. The van der Waals surface area contributed by atoms with Crippen LogP contribution in [0.2, 0.25) is 0 Å². The number of aliphatic imine (C=N–C) groups is 1. The minimum absolute atomic E-state index is 0.0446. The number of fused-ring (bicyclic) bond motifs is 1. The Morgan fingerprint density at radius 2 is 2.24 bits per heavy atom. The number of carbonyl (C=O) groups is 3. The van der Waals surface area contributed by atoms with Crippen LogP contribution in [0.3, 0.4) is 0 Å². The van der Waals surface area contributed by atoms with Crippen molar-refractivity contribution in [1.82, 2.24) is 0 Å². The van der Waals surface area contributed by atoms with E-state index in [1.807, 2.05) is 0 Å². The average molecular weight is 235 g/mol. The fourth-order valence-electron chi connectivity index (χ4n) is 1.99. The van der Waals surface area contributed by atoms with Crippen LogP contribution in [0.1, 0.15) is 26.2 Å². The first kappa shape index (κ1) is 11.7. The van der Waals surface area contributed by atoms with Gasteiger partial charge in [0.25, 0.3) is 5.91 Å². The van der Waals surface area contributed by atoms with E-state index >= 15 is 0 Å². The van der Waals surface area contributed by atoms with Crippen LogP contribution in [0, 0.1) is 5.92 Å². The Morgan fingerprint density at radius 1 is 1.47 bits per heavy atom. The third-order valence-electron chi connectivity index (χ3n) is 2.81. The lowest BCUT2D eigenvalue weighted by Crippen LogP contribution is -2.32. The zero-order valence-corrected chi connectivity index (χ0v) is 9.56. The smallest absolute Gasteiger partial charge is 0.322 e. The lowest BCUT2D eigenvalue weighted by Gasteiger charge is -2.21. The van der Waals surface area contributed by atoms with Crippen LogP contribution < -0.4 is 0 Å². The number of ketones is 1. The maximum Gasteiger partial charge on any atom is 0.322 e. The third kappa shape index (κ3) is 2.18. The van der Waals surface area contributed by atoms with Crippen LogP contribution in [0.25, 0.3) is 0 Å². The summed E-state index contributed by atoms with van der Waals surface area (Å²) in [5.41, 5.74) is 0.945. The number of nitrogens with zero attached hydrogens (tertiary/aromatic N) is 1. The molecule has 0 aromatic rings. The summed E-state index contributed by atoms with van der Waals surface area (Å²) in [7, 11) is 0. The molecule has 0 saturated heterocycles. The fourth-order valence-corrected chi connectivity index (χ4v) is 1.99. The zero-order valence-electron chi connectivity index (χ0n) is 9.56. The van der Waals surface area contributed by atoms with E-state index in [0.29, 0.717) is 30.5 Å². The molecule has 2 rings (SSSR count). The molecule has 1 fully saturated rings. The van der Waals surface area contributed by atoms with E-state index in [0.717, 1.165) is 0 Å². The first-order chi connectivity index (χ1) is 8.13. The standard InChI is InChI=1S/C12H13NO4/c1-2-17-12(16)8-6-7-9(13-11(8)15)4-3-5-10(7)14/h6,8H,2-5H2,1H3. The van der Waals surface area contributed by atoms with Crippen LogP contribution in [0.4, 0.5) is 0 Å². The predicted molar refractivity (Wildman–Crippen MR) is 59.5 cm³/mol. The molecule has 17 heavy (non-hydrogen) atoms. The lowest BCUT2D eigenvalue weighted by molar-refractivity contribution is -0.149. The Bertz CT molecular complexity index is 447. The van der Waals surface area contributed by atoms with E-state index in [-0.39, 0.29) is 12.4 Å². The molecular weight excluding hydrogens is 222 g/mol. The zero-order chi connectivity index (χ0) is 12.4. The van der Waals surface area contributed by atoms with Gasteiger partial charge in [0.05, 0.1) is 12.3 Å². The lowest BCUT2D eigenvalue weighted by atomic mass is 9.86. The molecule has 0 spiro atoms. The molecule has 1 unspecified atom stereocenters. The van der Waals surface area contributed by atoms with Gasteiger partial charge >= 0.3 is 5.97 Å². The van der Waals surface area contributed by atoms with Crippen LogP contribution in [-0.2, 0) is 19.1 Å². The first-order valence-corrected chi connectivity index (χ1v) is 5.67. The van der Waals surface area contributed by atoms with Crippen molar-refractivity contribution in [3.8, 4) is 0 Å². The number of esters is 1. The minimum atomic E-state index is -1.05. The Kier molecular flexibility index (Phi) is 3.17. The summed E-state index contributed by atoms with van der Waals surface area (Å²) in [4.78, 5) is 38.6. The molecule has 2 aliphatic rings. The number of hydrogen-bond donors (Lipinski definition) is 0. The number of ether oxygens (including phenoxy) is 1. The highest BCUT2D eigenvalue weighted by molar-refractivity contribution is 6.28. The van der Waals surface area contributed by atoms with Crippen LogP contribution in [0.15, 0.2) is 16.6 Å². The molecule has 1 aliphatic heterocycles. The van der Waals surface area contributed by atoms with Gasteiger partial charge in [-0.25, -0.2) is 4.99 Å². The van der Waals surface area contributed by atoms with Crippen molar-refractivity contribution >= 4 is 23.4 Å². The van der Waals surface area contributed by atoms with E-state index in [9.17, 15) is 14.4 Å². The van der Waals surface area contributed by atoms with Crippen molar-refractivity contribution in [2.24, 2.45) is 10.9 Å². The van der Waals surface area contributed by atoms with Crippen molar-refractivity contribution in [2.45, 2.75) is 26.2 Å². The topological polar surface area (TPSA) is 72.8 Å². The summed E-state index contributed by atoms with van der Waals surface area (Å²) < 4.78 is 4.78. The van der Waals surface area contributed by atoms with Crippen molar-refractivity contribution in [1.29, 1.82) is 0 Å². The third-order valence-corrected chi connectivity index (χ3v) is 2.81. The van der Waals surface area contributed by atoms with Gasteiger partial charge in [0, 0.05) is 12.0 Å². The molecule has 1 amide bonds. The van der Waals surface area contributed by atoms with Crippen molar-refractivity contribution in [2.75, 3.05) is 6.61 Å². The highest BCUT2D eigenvalue weighted by Gasteiger charge is 2.34. The molecule has 5 nitrogen and oxygen atoms in total. The SMILES string of the molecule is CCOC(=O)C1C=C2C(=O)CCCC2=NC1=O. The number of carbonyl (C=O) groups excluding carboxylic acids is 3. The van der Waals surface area contributed by atoms with Crippen molar-refractivity contribution in [3.63, 3.8) is 0 Å². The van der Waals surface area contributed by atoms with Gasteiger partial charge in [-0.05, 0) is 25.8 Å². The number of allylic oxidation sites excluding steroid dienone is 1. The second-order valence-electron chi connectivity index (χ2n) is 3.98. The van der Waals surface area contributed by atoms with Gasteiger partial charge in [0.1, 0.15) is 0 Å². The Balaban J connectivity index is 2.28. The summed E-state index contributed by atoms with van der Waals surface area (Å²) in [6.07, 6.45) is 3.20. The first-order valence-electron chi connectivity index (χ1n) is 5.67. The molecule has 1 saturated carbocycles. The number of Topliss-reactive ketones (excluding diaryl/α,β-unsaturated/α-hetero) is 1. The molecule has 0 bridgehead atoms. The number of dihydropyridines is 1. The molecule has 1 atom stereocenters. The van der Waals surface area contributed by atoms with Gasteiger partial charge in [-0.15, -0.1) is 0 Å². The molecule has 0 aromatic carbocycles. The van der Waals surface area contributed by atoms with Gasteiger partial charge in [-0.1, -0.05) is 0 Å². The summed E-state index contributed by atoms with van der Waals surface area (Å²) in [6, 6.07) is 0. The quantitative estimate of drug-likeness (QED) is 0.525. The monoisotopic (exact) mass is 235 g/mol. The second-order valence-corrected chi connectivity index (χ2v) is 3.98. The molecule has 1 aliphatic carbocycles. The highest BCUT2D eigenvalue weighted by atomic mass is 16.5.